The third kappa shape index (κ3) is 4.43. The highest BCUT2D eigenvalue weighted by molar-refractivity contribution is 8.13. The maximum absolute atomic E-state index is 12.4. The van der Waals surface area contributed by atoms with Crippen molar-refractivity contribution in [1.82, 2.24) is 9.21 Å². The van der Waals surface area contributed by atoms with Gasteiger partial charge < -0.3 is 4.90 Å². The van der Waals surface area contributed by atoms with Gasteiger partial charge in [-0.3, -0.25) is 4.79 Å². The highest BCUT2D eigenvalue weighted by atomic mass is 35.7. The summed E-state index contributed by atoms with van der Waals surface area (Å²) in [5.74, 6) is -2.01. The van der Waals surface area contributed by atoms with E-state index in [1.807, 2.05) is 0 Å². The second-order valence-electron chi connectivity index (χ2n) is 5.10. The fourth-order valence-corrected chi connectivity index (χ4v) is 4.43. The number of hydrogen-bond acceptors (Lipinski definition) is 5. The maximum Gasteiger partial charge on any atom is 0.471 e. The summed E-state index contributed by atoms with van der Waals surface area (Å²) in [5.41, 5.74) is 0. The molecule has 13 heteroatoms. The minimum absolute atomic E-state index is 0.229. The molecule has 25 heavy (non-hydrogen) atoms. The first-order valence-electron chi connectivity index (χ1n) is 6.74. The highest BCUT2D eigenvalue weighted by Crippen LogP contribution is 2.23. The molecule has 0 saturated carbocycles. The Morgan fingerprint density at radius 1 is 0.920 bits per heavy atom. The average molecular weight is 421 g/mol. The molecular weight excluding hydrogens is 409 g/mol. The molecule has 1 saturated heterocycles. The van der Waals surface area contributed by atoms with E-state index in [4.69, 9.17) is 10.7 Å². The van der Waals surface area contributed by atoms with E-state index >= 15 is 0 Å². The van der Waals surface area contributed by atoms with E-state index in [2.05, 4.69) is 0 Å². The normalized spacial score (nSPS) is 17.5. The van der Waals surface area contributed by atoms with Gasteiger partial charge in [0.2, 0.25) is 10.0 Å². The van der Waals surface area contributed by atoms with Crippen LogP contribution in [0.4, 0.5) is 13.2 Å². The van der Waals surface area contributed by atoms with Crippen molar-refractivity contribution >= 4 is 35.7 Å². The summed E-state index contributed by atoms with van der Waals surface area (Å²) in [6.07, 6.45) is -5.01. The van der Waals surface area contributed by atoms with Crippen LogP contribution in [0.15, 0.2) is 34.1 Å². The predicted molar refractivity (Wildman–Crippen MR) is 80.9 cm³/mol. The minimum Gasteiger partial charge on any atom is -0.332 e. The highest BCUT2D eigenvalue weighted by Gasteiger charge is 2.44. The maximum atomic E-state index is 12.4. The Morgan fingerprint density at radius 3 is 1.76 bits per heavy atom. The Morgan fingerprint density at radius 2 is 1.36 bits per heavy atom. The first-order valence-corrected chi connectivity index (χ1v) is 10.5. The summed E-state index contributed by atoms with van der Waals surface area (Å²) < 4.78 is 85.3. The summed E-state index contributed by atoms with van der Waals surface area (Å²) in [4.78, 5) is 11.2. The smallest absolute Gasteiger partial charge is 0.332 e. The van der Waals surface area contributed by atoms with E-state index < -0.39 is 44.2 Å². The van der Waals surface area contributed by atoms with Crippen LogP contribution in [-0.2, 0) is 23.9 Å². The molecule has 0 radical (unpaired) electrons. The van der Waals surface area contributed by atoms with Gasteiger partial charge in [-0.05, 0) is 24.3 Å². The van der Waals surface area contributed by atoms with Gasteiger partial charge in [-0.1, -0.05) is 0 Å². The van der Waals surface area contributed by atoms with Gasteiger partial charge in [-0.15, -0.1) is 0 Å². The van der Waals surface area contributed by atoms with Crippen LogP contribution in [0.5, 0.6) is 0 Å². The fraction of sp³-hybridized carbons (Fsp3) is 0.417. The zero-order valence-corrected chi connectivity index (χ0v) is 14.8. The summed E-state index contributed by atoms with van der Waals surface area (Å²) in [5, 5.41) is 0. The van der Waals surface area contributed by atoms with Gasteiger partial charge in [0.05, 0.1) is 9.79 Å². The van der Waals surface area contributed by atoms with E-state index in [1.54, 1.807) is 0 Å². The minimum atomic E-state index is -5.01. The predicted octanol–water partition coefficient (Wildman–Crippen LogP) is 1.01. The second kappa shape index (κ2) is 6.74. The average Bonchev–Trinajstić information content (AvgIpc) is 2.52. The zero-order chi connectivity index (χ0) is 19.0. The van der Waals surface area contributed by atoms with Gasteiger partial charge in [-0.2, -0.15) is 17.5 Å². The van der Waals surface area contributed by atoms with Gasteiger partial charge in [-0.25, -0.2) is 16.8 Å². The number of halogens is 4. The van der Waals surface area contributed by atoms with Crippen LogP contribution in [0.2, 0.25) is 0 Å². The number of amides is 1. The fourth-order valence-electron chi connectivity index (χ4n) is 2.23. The molecule has 140 valence electrons. The largest absolute Gasteiger partial charge is 0.471 e. The lowest BCUT2D eigenvalue weighted by Crippen LogP contribution is -2.53. The molecule has 1 fully saturated rings. The van der Waals surface area contributed by atoms with E-state index in [9.17, 15) is 34.8 Å². The molecule has 0 bridgehead atoms. The lowest BCUT2D eigenvalue weighted by molar-refractivity contribution is -0.186. The number of hydrogen-bond donors (Lipinski definition) is 0. The molecule has 0 atom stereocenters. The Balaban J connectivity index is 2.13. The van der Waals surface area contributed by atoms with Gasteiger partial charge in [0.1, 0.15) is 0 Å². The van der Waals surface area contributed by atoms with Crippen LogP contribution in [0.1, 0.15) is 0 Å². The Bertz CT molecular complexity index is 861. The monoisotopic (exact) mass is 420 g/mol. The van der Waals surface area contributed by atoms with Crippen molar-refractivity contribution in [2.24, 2.45) is 0 Å². The van der Waals surface area contributed by atoms with Crippen molar-refractivity contribution < 1.29 is 34.8 Å². The molecule has 1 aromatic carbocycles. The second-order valence-corrected chi connectivity index (χ2v) is 9.61. The SMILES string of the molecule is O=C(N1CCN(S(=O)(=O)c2ccc(S(=O)(=O)Cl)cc2)CC1)C(F)(F)F. The molecule has 0 N–H and O–H groups in total. The molecule has 7 nitrogen and oxygen atoms in total. The Kier molecular flexibility index (Phi) is 5.38. The number of sulfonamides is 1. The van der Waals surface area contributed by atoms with Crippen LogP contribution < -0.4 is 0 Å². The summed E-state index contributed by atoms with van der Waals surface area (Å²) in [6.45, 7) is -1.41. The third-order valence-corrected chi connectivity index (χ3v) is 6.79. The van der Waals surface area contributed by atoms with Crippen molar-refractivity contribution in [1.29, 1.82) is 0 Å². The summed E-state index contributed by atoms with van der Waals surface area (Å²) in [7, 11) is -2.90. The van der Waals surface area contributed by atoms with Crippen LogP contribution in [0, 0.1) is 0 Å². The third-order valence-electron chi connectivity index (χ3n) is 3.51. The molecule has 1 aliphatic rings. The van der Waals surface area contributed by atoms with Crippen LogP contribution in [0.3, 0.4) is 0 Å². The molecule has 1 amide bonds. The summed E-state index contributed by atoms with van der Waals surface area (Å²) >= 11 is 0. The number of carbonyl (C=O) groups excluding carboxylic acids is 1. The van der Waals surface area contributed by atoms with E-state index in [1.165, 1.54) is 0 Å². The molecule has 2 rings (SSSR count). The van der Waals surface area contributed by atoms with Gasteiger partial charge in [0.25, 0.3) is 9.05 Å². The van der Waals surface area contributed by atoms with Crippen molar-refractivity contribution in [2.75, 3.05) is 26.2 Å². The van der Waals surface area contributed by atoms with Crippen molar-refractivity contribution in [3.05, 3.63) is 24.3 Å². The lowest BCUT2D eigenvalue weighted by atomic mass is 10.3. The van der Waals surface area contributed by atoms with Crippen molar-refractivity contribution in [2.45, 2.75) is 16.0 Å². The number of benzene rings is 1. The Hall–Kier alpha value is -1.37. The number of carbonyl (C=O) groups is 1. The summed E-state index contributed by atoms with van der Waals surface area (Å²) in [6, 6.07) is 4.10. The van der Waals surface area contributed by atoms with Gasteiger partial charge >= 0.3 is 12.1 Å². The molecule has 0 unspecified atom stereocenters. The van der Waals surface area contributed by atoms with Crippen molar-refractivity contribution in [3.63, 3.8) is 0 Å². The molecule has 0 spiro atoms. The van der Waals surface area contributed by atoms with E-state index in [-0.39, 0.29) is 22.9 Å². The number of nitrogens with zero attached hydrogens (tertiary/aromatic N) is 2. The number of piperazine rings is 1. The van der Waals surface area contributed by atoms with Crippen molar-refractivity contribution in [3.8, 4) is 0 Å². The first kappa shape index (κ1) is 19.9. The number of rotatable bonds is 3. The van der Waals surface area contributed by atoms with Gasteiger partial charge in [0, 0.05) is 36.9 Å². The van der Waals surface area contributed by atoms with E-state index in [0.29, 0.717) is 4.90 Å². The molecule has 1 aromatic rings. The standard InChI is InChI=1S/C12H12ClF3N2O5S2/c13-24(20,21)9-1-3-10(4-2-9)25(22,23)18-7-5-17(6-8-18)11(19)12(14,15)16/h1-4H,5-8H2. The lowest BCUT2D eigenvalue weighted by Gasteiger charge is -2.34. The van der Waals surface area contributed by atoms with Crippen LogP contribution in [0.25, 0.3) is 0 Å². The topological polar surface area (TPSA) is 91.8 Å². The Labute approximate surface area is 146 Å². The quantitative estimate of drug-likeness (QED) is 0.680. The van der Waals surface area contributed by atoms with Gasteiger partial charge in [0.15, 0.2) is 0 Å². The number of alkyl halides is 3. The van der Waals surface area contributed by atoms with E-state index in [0.717, 1.165) is 28.6 Å². The molecule has 1 aliphatic heterocycles. The molecule has 1 heterocycles. The first-order chi connectivity index (χ1) is 11.3. The molecule has 0 aromatic heterocycles. The zero-order valence-electron chi connectivity index (χ0n) is 12.4. The molecular formula is C12H12ClF3N2O5S2. The molecule has 0 aliphatic carbocycles. The van der Waals surface area contributed by atoms with Crippen LogP contribution in [-0.4, -0.2) is 64.3 Å². The van der Waals surface area contributed by atoms with Crippen LogP contribution >= 0.6 is 10.7 Å².